The van der Waals surface area contributed by atoms with Crippen molar-refractivity contribution in [1.82, 2.24) is 9.97 Å². The van der Waals surface area contributed by atoms with Crippen LogP contribution in [-0.4, -0.2) is 37.3 Å². The van der Waals surface area contributed by atoms with Gasteiger partial charge in [-0.15, -0.1) is 0 Å². The lowest BCUT2D eigenvalue weighted by molar-refractivity contribution is 0.159. The second-order valence-electron chi connectivity index (χ2n) is 6.15. The molecule has 3 aromatic rings. The molecule has 0 aliphatic carbocycles. The zero-order chi connectivity index (χ0) is 20.3. The number of ether oxygens (including phenoxy) is 1. The number of nitrogens with zero attached hydrogens (tertiary/aromatic N) is 3. The second kappa shape index (κ2) is 7.81. The zero-order valence-electron chi connectivity index (χ0n) is 15.5. The molecule has 1 amide bonds. The van der Waals surface area contributed by atoms with E-state index in [0.29, 0.717) is 11.3 Å². The van der Waals surface area contributed by atoms with Crippen molar-refractivity contribution in [2.45, 2.75) is 18.5 Å². The Morgan fingerprint density at radius 1 is 1.21 bits per heavy atom. The molecule has 2 heterocycles. The fourth-order valence-electron chi connectivity index (χ4n) is 2.78. The van der Waals surface area contributed by atoms with Crippen molar-refractivity contribution in [2.24, 2.45) is 0 Å². The minimum Gasteiger partial charge on any atom is -0.449 e. The molecule has 9 heteroatoms. The van der Waals surface area contributed by atoms with Crippen molar-refractivity contribution in [3.63, 3.8) is 0 Å². The van der Waals surface area contributed by atoms with Gasteiger partial charge in [-0.25, -0.2) is 23.2 Å². The number of nitrogens with two attached hydrogens (primary N) is 1. The summed E-state index contributed by atoms with van der Waals surface area (Å²) in [4.78, 5) is 22.1. The number of carbonyl (C=O) groups excluding carboxylic acids is 1. The first-order valence-electron chi connectivity index (χ1n) is 8.54. The number of pyridine rings is 2. The molecule has 28 heavy (non-hydrogen) atoms. The van der Waals surface area contributed by atoms with Gasteiger partial charge in [-0.05, 0) is 42.8 Å². The second-order valence-corrected chi connectivity index (χ2v) is 8.08. The zero-order valence-corrected chi connectivity index (χ0v) is 16.3. The van der Waals surface area contributed by atoms with E-state index in [2.05, 4.69) is 9.97 Å². The van der Waals surface area contributed by atoms with Gasteiger partial charge in [-0.2, -0.15) is 0 Å². The van der Waals surface area contributed by atoms with Crippen molar-refractivity contribution >= 4 is 38.3 Å². The number of hydrogen-bond acceptors (Lipinski definition) is 7. The van der Waals surface area contributed by atoms with Crippen LogP contribution in [0.3, 0.4) is 0 Å². The summed E-state index contributed by atoms with van der Waals surface area (Å²) >= 11 is 0. The van der Waals surface area contributed by atoms with Gasteiger partial charge in [0.2, 0.25) is 0 Å². The molecule has 0 aliphatic heterocycles. The van der Waals surface area contributed by atoms with Gasteiger partial charge < -0.3 is 10.5 Å². The number of fused-ring (bicyclic) bond motifs is 1. The third-order valence-electron chi connectivity index (χ3n) is 4.00. The van der Waals surface area contributed by atoms with Gasteiger partial charge in [-0.3, -0.25) is 4.90 Å². The summed E-state index contributed by atoms with van der Waals surface area (Å²) in [5, 5.41) is 0.713. The lowest BCUT2D eigenvalue weighted by Gasteiger charge is -2.23. The topological polar surface area (TPSA) is 115 Å². The monoisotopic (exact) mass is 400 g/mol. The highest BCUT2D eigenvalue weighted by Crippen LogP contribution is 2.26. The van der Waals surface area contributed by atoms with Crippen LogP contribution in [0.2, 0.25) is 0 Å². The van der Waals surface area contributed by atoms with Gasteiger partial charge in [0, 0.05) is 17.8 Å². The van der Waals surface area contributed by atoms with Crippen LogP contribution in [0.5, 0.6) is 0 Å². The molecule has 1 aromatic carbocycles. The number of amides is 1. The van der Waals surface area contributed by atoms with Gasteiger partial charge >= 0.3 is 6.09 Å². The van der Waals surface area contributed by atoms with E-state index in [1.807, 2.05) is 18.2 Å². The van der Waals surface area contributed by atoms with Crippen LogP contribution in [0.4, 0.5) is 16.3 Å². The minimum atomic E-state index is -3.65. The quantitative estimate of drug-likeness (QED) is 0.700. The first kappa shape index (κ1) is 19.6. The van der Waals surface area contributed by atoms with Crippen LogP contribution in [0.1, 0.15) is 12.5 Å². The first-order chi connectivity index (χ1) is 13.3. The maximum absolute atomic E-state index is 12.6. The van der Waals surface area contributed by atoms with Crippen molar-refractivity contribution < 1.29 is 17.9 Å². The first-order valence-corrected chi connectivity index (χ1v) is 10.4. The Labute approximate surface area is 162 Å². The third-order valence-corrected chi connectivity index (χ3v) is 5.02. The van der Waals surface area contributed by atoms with Crippen LogP contribution >= 0.6 is 0 Å². The number of rotatable bonds is 5. The molecule has 0 fully saturated rings. The van der Waals surface area contributed by atoms with E-state index < -0.39 is 15.9 Å². The summed E-state index contributed by atoms with van der Waals surface area (Å²) in [5.41, 5.74) is 7.32. The largest absolute Gasteiger partial charge is 0.449 e. The fourth-order valence-corrected chi connectivity index (χ4v) is 3.59. The highest BCUT2D eigenvalue weighted by Gasteiger charge is 2.25. The Hall–Kier alpha value is -3.20. The van der Waals surface area contributed by atoms with Gasteiger partial charge in [-0.1, -0.05) is 12.1 Å². The predicted molar refractivity (Wildman–Crippen MR) is 107 cm³/mol. The van der Waals surface area contributed by atoms with E-state index in [9.17, 15) is 13.2 Å². The number of aromatic nitrogens is 2. The predicted octanol–water partition coefficient (Wildman–Crippen LogP) is 2.78. The molecule has 0 aliphatic rings. The summed E-state index contributed by atoms with van der Waals surface area (Å²) in [6.45, 7) is 1.92. The average molecular weight is 400 g/mol. The summed E-state index contributed by atoms with van der Waals surface area (Å²) in [6, 6.07) is 12.2. The molecule has 3 rings (SSSR count). The van der Waals surface area contributed by atoms with Crippen molar-refractivity contribution in [2.75, 3.05) is 23.5 Å². The number of hydrogen-bond donors (Lipinski definition) is 1. The highest BCUT2D eigenvalue weighted by atomic mass is 32.2. The molecule has 0 radical (unpaired) electrons. The Balaban J connectivity index is 2.06. The van der Waals surface area contributed by atoms with Gasteiger partial charge in [0.05, 0.1) is 24.4 Å². The molecule has 8 nitrogen and oxygen atoms in total. The Morgan fingerprint density at radius 2 is 1.96 bits per heavy atom. The van der Waals surface area contributed by atoms with E-state index in [1.54, 1.807) is 25.1 Å². The number of nitrogen functional groups attached to an aromatic ring is 1. The molecule has 0 spiro atoms. The van der Waals surface area contributed by atoms with Crippen LogP contribution in [0, 0.1) is 0 Å². The lowest BCUT2D eigenvalue weighted by Crippen LogP contribution is -2.32. The van der Waals surface area contributed by atoms with E-state index in [4.69, 9.17) is 10.5 Å². The fraction of sp³-hybridized carbons (Fsp3) is 0.211. The van der Waals surface area contributed by atoms with Crippen LogP contribution in [0.25, 0.3) is 10.9 Å². The third kappa shape index (κ3) is 4.20. The van der Waals surface area contributed by atoms with E-state index in [0.717, 1.165) is 17.2 Å². The molecule has 0 atom stereocenters. The molecular weight excluding hydrogens is 380 g/mol. The highest BCUT2D eigenvalue weighted by molar-refractivity contribution is 7.90. The molecule has 0 bridgehead atoms. The molecule has 2 N–H and O–H groups in total. The molecule has 146 valence electrons. The van der Waals surface area contributed by atoms with E-state index in [-0.39, 0.29) is 23.9 Å². The van der Waals surface area contributed by atoms with Gasteiger partial charge in [0.25, 0.3) is 0 Å². The Kier molecular flexibility index (Phi) is 5.46. The lowest BCUT2D eigenvalue weighted by atomic mass is 10.1. The maximum Gasteiger partial charge on any atom is 0.414 e. The standard InChI is InChI=1S/C19H20N4O4S/c1-3-27-19(24)23(16-5-4-10-21-18(16)28(2,25)26)12-13-6-7-14-8-9-17(20)22-15(14)11-13/h4-11H,3,12H2,1-2H3,(H2,20,22). The van der Waals surface area contributed by atoms with Crippen LogP contribution < -0.4 is 10.6 Å². The smallest absolute Gasteiger partial charge is 0.414 e. The average Bonchev–Trinajstić information content (AvgIpc) is 2.65. The number of anilines is 2. The van der Waals surface area contributed by atoms with E-state index in [1.165, 1.54) is 17.2 Å². The van der Waals surface area contributed by atoms with E-state index >= 15 is 0 Å². The maximum atomic E-state index is 12.6. The van der Waals surface area contributed by atoms with Gasteiger partial charge in [0.1, 0.15) is 5.82 Å². The number of sulfone groups is 1. The Bertz CT molecular complexity index is 1130. The summed E-state index contributed by atoms with van der Waals surface area (Å²) in [5.74, 6) is 0.388. The minimum absolute atomic E-state index is 0.0828. The normalized spacial score (nSPS) is 11.4. The number of benzene rings is 1. The van der Waals surface area contributed by atoms with Crippen LogP contribution in [0.15, 0.2) is 53.7 Å². The summed E-state index contributed by atoms with van der Waals surface area (Å²) < 4.78 is 29.4. The Morgan fingerprint density at radius 3 is 2.68 bits per heavy atom. The van der Waals surface area contributed by atoms with Crippen molar-refractivity contribution in [3.8, 4) is 0 Å². The van der Waals surface area contributed by atoms with Crippen molar-refractivity contribution in [3.05, 3.63) is 54.2 Å². The SMILES string of the molecule is CCOC(=O)N(Cc1ccc2ccc(N)nc2c1)c1cccnc1S(C)(=O)=O. The molecule has 0 unspecified atom stereocenters. The van der Waals surface area contributed by atoms with Crippen molar-refractivity contribution in [1.29, 1.82) is 0 Å². The molecule has 0 saturated carbocycles. The molecule has 2 aromatic heterocycles. The summed E-state index contributed by atoms with van der Waals surface area (Å²) in [6.07, 6.45) is 1.75. The summed E-state index contributed by atoms with van der Waals surface area (Å²) in [7, 11) is -3.65. The molecule has 0 saturated heterocycles. The van der Waals surface area contributed by atoms with Gasteiger partial charge in [0.15, 0.2) is 14.9 Å². The van der Waals surface area contributed by atoms with Crippen LogP contribution in [-0.2, 0) is 21.1 Å². The number of carbonyl (C=O) groups is 1. The molecular formula is C19H20N4O4S.